The molecule has 3 heterocycles. The van der Waals surface area contributed by atoms with E-state index in [1.807, 2.05) is 0 Å². The Hall–Kier alpha value is -2.27. The molecule has 0 bridgehead atoms. The molecule has 5 nitrogen and oxygen atoms in total. The predicted molar refractivity (Wildman–Crippen MR) is 96.7 cm³/mol. The lowest BCUT2D eigenvalue weighted by molar-refractivity contribution is -0.286. The Labute approximate surface area is 167 Å². The maximum absolute atomic E-state index is 13.4. The SMILES string of the molecule is CCS(=O)(=O)c1ccc(Cl)nc1-c1cc2ccn(CC(F)(F)C(F)(F)F)c2cn1. The topological polar surface area (TPSA) is 64.8 Å². The Morgan fingerprint density at radius 3 is 2.45 bits per heavy atom. The lowest BCUT2D eigenvalue weighted by Gasteiger charge is -2.20. The summed E-state index contributed by atoms with van der Waals surface area (Å²) in [4.78, 5) is 7.92. The Morgan fingerprint density at radius 2 is 1.83 bits per heavy atom. The smallest absolute Gasteiger partial charge is 0.340 e. The molecule has 0 aliphatic carbocycles. The van der Waals surface area contributed by atoms with Gasteiger partial charge in [0.1, 0.15) is 10.8 Å². The summed E-state index contributed by atoms with van der Waals surface area (Å²) in [6, 6.07) is 5.27. The van der Waals surface area contributed by atoms with Crippen molar-refractivity contribution in [2.24, 2.45) is 0 Å². The van der Waals surface area contributed by atoms with Crippen molar-refractivity contribution in [1.82, 2.24) is 14.5 Å². The monoisotopic (exact) mass is 453 g/mol. The van der Waals surface area contributed by atoms with Gasteiger partial charge in [-0.3, -0.25) is 4.98 Å². The molecule has 156 valence electrons. The van der Waals surface area contributed by atoms with Gasteiger partial charge in [-0.1, -0.05) is 18.5 Å². The second kappa shape index (κ2) is 7.21. The minimum Gasteiger partial charge on any atom is -0.340 e. The summed E-state index contributed by atoms with van der Waals surface area (Å²) in [5, 5.41) is 0.300. The van der Waals surface area contributed by atoms with Gasteiger partial charge < -0.3 is 4.57 Å². The molecule has 3 aromatic heterocycles. The average Bonchev–Trinajstić information content (AvgIpc) is 3.02. The van der Waals surface area contributed by atoms with Crippen molar-refractivity contribution in [1.29, 1.82) is 0 Å². The van der Waals surface area contributed by atoms with E-state index in [9.17, 15) is 30.4 Å². The molecule has 0 spiro atoms. The van der Waals surface area contributed by atoms with E-state index >= 15 is 0 Å². The van der Waals surface area contributed by atoms with Gasteiger partial charge in [0.2, 0.25) is 0 Å². The van der Waals surface area contributed by atoms with Gasteiger partial charge in [-0.05, 0) is 24.3 Å². The summed E-state index contributed by atoms with van der Waals surface area (Å²) in [6.45, 7) is -0.156. The van der Waals surface area contributed by atoms with Crippen molar-refractivity contribution in [2.45, 2.75) is 30.5 Å². The molecule has 0 atom stereocenters. The van der Waals surface area contributed by atoms with Crippen LogP contribution in [0.1, 0.15) is 6.92 Å². The maximum atomic E-state index is 13.4. The highest BCUT2D eigenvalue weighted by atomic mass is 35.5. The van der Waals surface area contributed by atoms with Crippen LogP contribution in [0.25, 0.3) is 22.3 Å². The Morgan fingerprint density at radius 1 is 1.14 bits per heavy atom. The summed E-state index contributed by atoms with van der Waals surface area (Å²) >= 11 is 5.87. The number of rotatable bonds is 5. The number of aromatic nitrogens is 3. The molecular weight excluding hydrogens is 441 g/mol. The molecule has 0 fully saturated rings. The Kier molecular flexibility index (Phi) is 5.33. The van der Waals surface area contributed by atoms with E-state index in [-0.39, 0.29) is 38.1 Å². The van der Waals surface area contributed by atoms with Crippen LogP contribution in [-0.4, -0.2) is 40.8 Å². The fourth-order valence-corrected chi connectivity index (χ4v) is 3.85. The van der Waals surface area contributed by atoms with Gasteiger partial charge in [0.15, 0.2) is 9.84 Å². The minimum atomic E-state index is -5.69. The van der Waals surface area contributed by atoms with Gasteiger partial charge in [-0.15, -0.1) is 0 Å². The molecule has 0 aliphatic rings. The fourth-order valence-electron chi connectivity index (χ4n) is 2.67. The van der Waals surface area contributed by atoms with Crippen molar-refractivity contribution in [3.05, 3.63) is 41.8 Å². The van der Waals surface area contributed by atoms with Gasteiger partial charge >= 0.3 is 12.1 Å². The van der Waals surface area contributed by atoms with Crippen LogP contribution in [0.2, 0.25) is 5.15 Å². The van der Waals surface area contributed by atoms with Gasteiger partial charge in [-0.25, -0.2) is 13.4 Å². The van der Waals surface area contributed by atoms with Crippen molar-refractivity contribution in [3.8, 4) is 11.4 Å². The zero-order valence-electron chi connectivity index (χ0n) is 14.7. The van der Waals surface area contributed by atoms with Crippen LogP contribution in [0.3, 0.4) is 0 Å². The summed E-state index contributed by atoms with van der Waals surface area (Å²) in [5.41, 5.74) is 0.0848. The van der Waals surface area contributed by atoms with E-state index in [0.29, 0.717) is 0 Å². The Balaban J connectivity index is 2.09. The highest BCUT2D eigenvalue weighted by Gasteiger charge is 2.57. The first kappa shape index (κ1) is 21.4. The molecule has 0 N–H and O–H groups in total. The highest BCUT2D eigenvalue weighted by molar-refractivity contribution is 7.91. The maximum Gasteiger partial charge on any atom is 0.455 e. The molecule has 0 saturated carbocycles. The first-order chi connectivity index (χ1) is 13.4. The van der Waals surface area contributed by atoms with Crippen molar-refractivity contribution in [2.75, 3.05) is 5.75 Å². The predicted octanol–water partition coefficient (Wildman–Crippen LogP) is 4.74. The zero-order valence-corrected chi connectivity index (χ0v) is 16.3. The molecule has 0 amide bonds. The van der Waals surface area contributed by atoms with Crippen LogP contribution in [0.5, 0.6) is 0 Å². The average molecular weight is 454 g/mol. The van der Waals surface area contributed by atoms with E-state index in [0.717, 1.165) is 17.0 Å². The third-order valence-electron chi connectivity index (χ3n) is 4.22. The summed E-state index contributed by atoms with van der Waals surface area (Å²) in [6.07, 6.45) is -3.53. The van der Waals surface area contributed by atoms with E-state index in [4.69, 9.17) is 11.6 Å². The third-order valence-corrected chi connectivity index (χ3v) is 6.19. The summed E-state index contributed by atoms with van der Waals surface area (Å²) < 4.78 is 89.6. The highest BCUT2D eigenvalue weighted by Crippen LogP contribution is 2.37. The van der Waals surface area contributed by atoms with E-state index in [2.05, 4.69) is 9.97 Å². The standard InChI is InChI=1S/C17H13ClF5N3O2S/c1-2-29(27,28)13-3-4-14(18)25-15(13)11-7-10-5-6-26(12(10)8-24-11)9-16(19,20)17(21,22)23/h3-8H,2,9H2,1H3. The van der Waals surface area contributed by atoms with Crippen molar-refractivity contribution in [3.63, 3.8) is 0 Å². The number of fused-ring (bicyclic) bond motifs is 1. The van der Waals surface area contributed by atoms with Crippen LogP contribution in [-0.2, 0) is 16.4 Å². The lowest BCUT2D eigenvalue weighted by atomic mass is 10.2. The first-order valence-electron chi connectivity index (χ1n) is 8.15. The number of hydrogen-bond acceptors (Lipinski definition) is 4. The molecule has 12 heteroatoms. The molecule has 0 saturated heterocycles. The van der Waals surface area contributed by atoms with Crippen LogP contribution < -0.4 is 0 Å². The van der Waals surface area contributed by atoms with Gasteiger partial charge in [-0.2, -0.15) is 22.0 Å². The van der Waals surface area contributed by atoms with Crippen LogP contribution >= 0.6 is 11.6 Å². The molecular formula is C17H13ClF5N3O2S. The van der Waals surface area contributed by atoms with Crippen molar-refractivity contribution >= 4 is 32.3 Å². The number of alkyl halides is 5. The zero-order chi connectivity index (χ0) is 21.6. The second-order valence-corrected chi connectivity index (χ2v) is 8.79. The fraction of sp³-hybridized carbons (Fsp3) is 0.294. The molecule has 0 aliphatic heterocycles. The first-order valence-corrected chi connectivity index (χ1v) is 10.2. The van der Waals surface area contributed by atoms with E-state index < -0.39 is 28.5 Å². The van der Waals surface area contributed by atoms with Gasteiger partial charge in [0.25, 0.3) is 0 Å². The third kappa shape index (κ3) is 4.06. The van der Waals surface area contributed by atoms with Crippen LogP contribution in [0.15, 0.2) is 41.6 Å². The number of nitrogens with zero attached hydrogens (tertiary/aromatic N) is 3. The molecule has 0 unspecified atom stereocenters. The number of hydrogen-bond donors (Lipinski definition) is 0. The van der Waals surface area contributed by atoms with Gasteiger partial charge in [0, 0.05) is 11.6 Å². The number of halogens is 6. The molecule has 3 rings (SSSR count). The number of sulfone groups is 1. The molecule has 29 heavy (non-hydrogen) atoms. The lowest BCUT2D eigenvalue weighted by Crippen LogP contribution is -2.40. The van der Waals surface area contributed by atoms with Crippen LogP contribution in [0.4, 0.5) is 22.0 Å². The van der Waals surface area contributed by atoms with Gasteiger partial charge in [0.05, 0.1) is 34.6 Å². The summed E-state index contributed by atoms with van der Waals surface area (Å²) in [5.74, 6) is -5.12. The molecule has 0 radical (unpaired) electrons. The van der Waals surface area contributed by atoms with E-state index in [1.165, 1.54) is 31.2 Å². The van der Waals surface area contributed by atoms with E-state index in [1.54, 1.807) is 0 Å². The van der Waals surface area contributed by atoms with Crippen molar-refractivity contribution < 1.29 is 30.4 Å². The summed E-state index contributed by atoms with van der Waals surface area (Å²) in [7, 11) is -3.67. The van der Waals surface area contributed by atoms with Crippen LogP contribution in [0, 0.1) is 0 Å². The number of pyridine rings is 2. The second-order valence-electron chi connectivity index (χ2n) is 6.16. The Bertz CT molecular complexity index is 1180. The quantitative estimate of drug-likeness (QED) is 0.413. The molecule has 3 aromatic rings. The normalized spacial score (nSPS) is 13.2. The molecule has 0 aromatic carbocycles. The minimum absolute atomic E-state index is 0.0133. The largest absolute Gasteiger partial charge is 0.455 e.